The van der Waals surface area contributed by atoms with Crippen molar-refractivity contribution in [1.29, 1.82) is 0 Å². The summed E-state index contributed by atoms with van der Waals surface area (Å²) in [5.41, 5.74) is 0. The maximum absolute atomic E-state index is 10.7. The molecular formula is C18H32O16. The van der Waals surface area contributed by atoms with E-state index in [1.165, 1.54) is 0 Å². The lowest BCUT2D eigenvalue weighted by Crippen LogP contribution is -2.66. The van der Waals surface area contributed by atoms with Crippen molar-refractivity contribution in [2.45, 2.75) is 92.1 Å². The maximum Gasteiger partial charge on any atom is 0.187 e. The van der Waals surface area contributed by atoms with Gasteiger partial charge in [0.25, 0.3) is 0 Å². The van der Waals surface area contributed by atoms with Crippen molar-refractivity contribution in [3.63, 3.8) is 0 Å². The monoisotopic (exact) mass is 504 g/mol. The van der Waals surface area contributed by atoms with Gasteiger partial charge in [0.1, 0.15) is 73.2 Å². The number of hydrogen-bond acceptors (Lipinski definition) is 16. The molecule has 0 aliphatic carbocycles. The van der Waals surface area contributed by atoms with Gasteiger partial charge in [0.2, 0.25) is 0 Å². The van der Waals surface area contributed by atoms with Gasteiger partial charge in [-0.25, -0.2) is 0 Å². The summed E-state index contributed by atoms with van der Waals surface area (Å²) in [6.07, 6.45) is -25.5. The molecule has 3 aliphatic rings. The van der Waals surface area contributed by atoms with E-state index in [2.05, 4.69) is 0 Å². The SMILES string of the molecule is OC[C@@H]1OC(O)[C@@H](O[C@@H]2O[C@H](CO)[C@H](O)[C@H](O[C@H]3O[C@H](CO)[C@H](O)[C@H](O)[C@H]3O)[C@H]2O)[C@H](O)[C@@H]1O. The molecule has 0 radical (unpaired) electrons. The van der Waals surface area contributed by atoms with Crippen LogP contribution in [0.25, 0.3) is 0 Å². The Morgan fingerprint density at radius 2 is 0.882 bits per heavy atom. The molecule has 3 aliphatic heterocycles. The summed E-state index contributed by atoms with van der Waals surface area (Å²) in [5.74, 6) is 0. The minimum atomic E-state index is -1.92. The summed E-state index contributed by atoms with van der Waals surface area (Å²) in [5, 5.41) is 110. The Morgan fingerprint density at radius 3 is 1.44 bits per heavy atom. The van der Waals surface area contributed by atoms with Gasteiger partial charge in [-0.3, -0.25) is 0 Å². The fourth-order valence-electron chi connectivity index (χ4n) is 4.03. The lowest BCUT2D eigenvalue weighted by atomic mass is 9.96. The third-order valence-corrected chi connectivity index (χ3v) is 6.10. The molecule has 3 saturated heterocycles. The predicted molar refractivity (Wildman–Crippen MR) is 101 cm³/mol. The van der Waals surface area contributed by atoms with Crippen LogP contribution in [0.4, 0.5) is 0 Å². The Bertz CT molecular complexity index is 639. The molecule has 0 bridgehead atoms. The van der Waals surface area contributed by atoms with E-state index < -0.39 is 112 Å². The Labute approximate surface area is 192 Å². The molecule has 0 spiro atoms. The number of aliphatic hydroxyl groups excluding tert-OH is 11. The van der Waals surface area contributed by atoms with Crippen LogP contribution in [-0.2, 0) is 23.7 Å². The van der Waals surface area contributed by atoms with Gasteiger partial charge in [-0.05, 0) is 0 Å². The van der Waals surface area contributed by atoms with Gasteiger partial charge in [-0.1, -0.05) is 0 Å². The van der Waals surface area contributed by atoms with E-state index in [0.717, 1.165) is 0 Å². The zero-order valence-electron chi connectivity index (χ0n) is 17.7. The standard InChI is InChI=1S/C18H32O16/c19-1-4-8(23)11(26)15(16(29)30-4)34-18-13(28)14(9(24)6(3-21)32-18)33-17-12(27)10(25)7(22)5(2-20)31-17/h4-29H,1-3H2/t4-,5+,6+,7-,8+,9-,10-,11+,12+,13+,14-,15-,16?,17+,18-/m0/s1. The largest absolute Gasteiger partial charge is 0.394 e. The quantitative estimate of drug-likeness (QED) is 0.154. The molecule has 11 N–H and O–H groups in total. The summed E-state index contributed by atoms with van der Waals surface area (Å²) < 4.78 is 26.2. The van der Waals surface area contributed by atoms with E-state index in [0.29, 0.717) is 0 Å². The second-order valence-corrected chi connectivity index (χ2v) is 8.33. The zero-order valence-corrected chi connectivity index (χ0v) is 17.7. The topological polar surface area (TPSA) is 269 Å². The fraction of sp³-hybridized carbons (Fsp3) is 1.00. The maximum atomic E-state index is 10.7. The highest BCUT2D eigenvalue weighted by molar-refractivity contribution is 4.96. The molecule has 0 amide bonds. The summed E-state index contributed by atoms with van der Waals surface area (Å²) >= 11 is 0. The van der Waals surface area contributed by atoms with Crippen molar-refractivity contribution in [2.75, 3.05) is 19.8 Å². The molecule has 15 atom stereocenters. The molecule has 3 fully saturated rings. The summed E-state index contributed by atoms with van der Waals surface area (Å²) in [6, 6.07) is 0. The first kappa shape index (κ1) is 27.9. The highest BCUT2D eigenvalue weighted by Crippen LogP contribution is 2.32. The van der Waals surface area contributed by atoms with Gasteiger partial charge in [-0.15, -0.1) is 0 Å². The van der Waals surface area contributed by atoms with Crippen LogP contribution in [0.2, 0.25) is 0 Å². The van der Waals surface area contributed by atoms with Gasteiger partial charge in [0.05, 0.1) is 19.8 Å². The molecule has 16 heteroatoms. The van der Waals surface area contributed by atoms with Crippen LogP contribution < -0.4 is 0 Å². The van der Waals surface area contributed by atoms with Crippen LogP contribution >= 0.6 is 0 Å². The van der Waals surface area contributed by atoms with Crippen LogP contribution in [-0.4, -0.2) is 168 Å². The van der Waals surface area contributed by atoms with Crippen molar-refractivity contribution >= 4 is 0 Å². The molecule has 0 aromatic rings. The molecule has 3 heterocycles. The minimum absolute atomic E-state index is 0.724. The molecule has 3 rings (SSSR count). The van der Waals surface area contributed by atoms with Gasteiger partial charge in [-0.2, -0.15) is 0 Å². The third kappa shape index (κ3) is 5.37. The molecule has 0 aromatic carbocycles. The molecule has 1 unspecified atom stereocenters. The molecule has 0 saturated carbocycles. The molecule has 34 heavy (non-hydrogen) atoms. The summed E-state index contributed by atoms with van der Waals surface area (Å²) in [7, 11) is 0. The fourth-order valence-corrected chi connectivity index (χ4v) is 4.03. The number of ether oxygens (including phenoxy) is 5. The lowest BCUT2D eigenvalue weighted by molar-refractivity contribution is -0.382. The van der Waals surface area contributed by atoms with Crippen LogP contribution in [0, 0.1) is 0 Å². The minimum Gasteiger partial charge on any atom is -0.394 e. The number of rotatable bonds is 7. The van der Waals surface area contributed by atoms with Gasteiger partial charge in [0.15, 0.2) is 18.9 Å². The van der Waals surface area contributed by atoms with E-state index in [4.69, 9.17) is 28.8 Å². The molecular weight excluding hydrogens is 472 g/mol. The Morgan fingerprint density at radius 1 is 0.441 bits per heavy atom. The van der Waals surface area contributed by atoms with E-state index in [9.17, 15) is 51.1 Å². The first-order chi connectivity index (χ1) is 16.0. The first-order valence-corrected chi connectivity index (χ1v) is 10.6. The van der Waals surface area contributed by atoms with E-state index in [1.54, 1.807) is 0 Å². The first-order valence-electron chi connectivity index (χ1n) is 10.6. The van der Waals surface area contributed by atoms with Crippen molar-refractivity contribution in [1.82, 2.24) is 0 Å². The van der Waals surface area contributed by atoms with Gasteiger partial charge < -0.3 is 79.9 Å². The van der Waals surface area contributed by atoms with Gasteiger partial charge >= 0.3 is 0 Å². The van der Waals surface area contributed by atoms with Crippen molar-refractivity contribution < 1.29 is 79.9 Å². The Hall–Kier alpha value is -0.640. The van der Waals surface area contributed by atoms with Crippen LogP contribution in [0.5, 0.6) is 0 Å². The second kappa shape index (κ2) is 11.6. The molecule has 200 valence electrons. The molecule has 16 nitrogen and oxygen atoms in total. The van der Waals surface area contributed by atoms with Crippen molar-refractivity contribution in [2.24, 2.45) is 0 Å². The van der Waals surface area contributed by atoms with E-state index >= 15 is 0 Å². The number of aliphatic hydroxyl groups is 11. The highest BCUT2D eigenvalue weighted by atomic mass is 16.8. The smallest absolute Gasteiger partial charge is 0.187 e. The number of hydrogen-bond donors (Lipinski definition) is 11. The second-order valence-electron chi connectivity index (χ2n) is 8.33. The Balaban J connectivity index is 1.76. The molecule has 0 aromatic heterocycles. The normalized spacial score (nSPS) is 52.5. The predicted octanol–water partition coefficient (Wildman–Crippen LogP) is -7.57. The van der Waals surface area contributed by atoms with Crippen LogP contribution in [0.15, 0.2) is 0 Å². The Kier molecular flexibility index (Phi) is 9.54. The zero-order chi connectivity index (χ0) is 25.3. The average Bonchev–Trinajstić information content (AvgIpc) is 2.82. The summed E-state index contributed by atoms with van der Waals surface area (Å²) in [4.78, 5) is 0. The van der Waals surface area contributed by atoms with E-state index in [1.807, 2.05) is 0 Å². The summed E-state index contributed by atoms with van der Waals surface area (Å²) in [6.45, 7) is -2.30. The van der Waals surface area contributed by atoms with Crippen LogP contribution in [0.1, 0.15) is 0 Å². The average molecular weight is 504 g/mol. The third-order valence-electron chi connectivity index (χ3n) is 6.10. The van der Waals surface area contributed by atoms with Gasteiger partial charge in [0, 0.05) is 0 Å². The van der Waals surface area contributed by atoms with Crippen LogP contribution in [0.3, 0.4) is 0 Å². The highest BCUT2D eigenvalue weighted by Gasteiger charge is 2.53. The van der Waals surface area contributed by atoms with Crippen molar-refractivity contribution in [3.05, 3.63) is 0 Å². The van der Waals surface area contributed by atoms with Crippen molar-refractivity contribution in [3.8, 4) is 0 Å². The van der Waals surface area contributed by atoms with E-state index in [-0.39, 0.29) is 0 Å². The lowest BCUT2D eigenvalue weighted by Gasteiger charge is -2.47.